The Balaban J connectivity index is 2.08. The Morgan fingerprint density at radius 3 is 2.05 bits per heavy atom. The first-order valence-electron chi connectivity index (χ1n) is 7.26. The molecule has 2 rings (SSSR count). The molecule has 2 fully saturated rings. The molecule has 1 atom stereocenters. The predicted molar refractivity (Wildman–Crippen MR) is 73.4 cm³/mol. The highest BCUT2D eigenvalue weighted by Gasteiger charge is 2.46. The number of nitrogens with two attached hydrogens (primary N) is 1. The molecule has 0 radical (unpaired) electrons. The van der Waals surface area contributed by atoms with Crippen molar-refractivity contribution in [2.24, 2.45) is 11.7 Å². The summed E-state index contributed by atoms with van der Waals surface area (Å²) in [7, 11) is 0. The van der Waals surface area contributed by atoms with Crippen molar-refractivity contribution in [2.45, 2.75) is 45.1 Å². The summed E-state index contributed by atoms with van der Waals surface area (Å²) in [4.78, 5) is 27.4. The Kier molecular flexibility index (Phi) is 4.13. The van der Waals surface area contributed by atoms with Gasteiger partial charge in [-0.15, -0.1) is 0 Å². The molecule has 2 aliphatic rings. The van der Waals surface area contributed by atoms with Crippen LogP contribution in [0.1, 0.15) is 39.5 Å². The zero-order valence-electron chi connectivity index (χ0n) is 12.0. The summed E-state index contributed by atoms with van der Waals surface area (Å²) in [6, 6.07) is 0. The van der Waals surface area contributed by atoms with Crippen LogP contribution in [0.4, 0.5) is 0 Å². The monoisotopic (exact) mass is 267 g/mol. The maximum absolute atomic E-state index is 12.0. The molecule has 5 nitrogen and oxygen atoms in total. The fourth-order valence-corrected chi connectivity index (χ4v) is 3.59. The topological polar surface area (TPSA) is 66.6 Å². The van der Waals surface area contributed by atoms with Crippen molar-refractivity contribution in [3.05, 3.63) is 0 Å². The number of primary amides is 1. The number of amides is 2. The van der Waals surface area contributed by atoms with Crippen LogP contribution in [-0.4, -0.2) is 53.3 Å². The molecular formula is C14H25N3O2. The number of hydrogen-bond donors (Lipinski definition) is 1. The molecule has 1 saturated carbocycles. The van der Waals surface area contributed by atoms with Crippen molar-refractivity contribution in [3.63, 3.8) is 0 Å². The van der Waals surface area contributed by atoms with Gasteiger partial charge in [-0.1, -0.05) is 12.8 Å². The number of nitrogens with zero attached hydrogens (tertiary/aromatic N) is 2. The molecule has 0 aromatic heterocycles. The van der Waals surface area contributed by atoms with Crippen LogP contribution < -0.4 is 5.73 Å². The third-order valence-corrected chi connectivity index (χ3v) is 5.03. The van der Waals surface area contributed by atoms with E-state index in [9.17, 15) is 9.59 Å². The number of piperazine rings is 1. The number of hydrogen-bond acceptors (Lipinski definition) is 3. The molecular weight excluding hydrogens is 242 g/mol. The molecule has 5 heteroatoms. The molecule has 0 bridgehead atoms. The second kappa shape index (κ2) is 5.49. The second-order valence-corrected chi connectivity index (χ2v) is 5.99. The summed E-state index contributed by atoms with van der Waals surface area (Å²) in [5, 5.41) is 0. The quantitative estimate of drug-likeness (QED) is 0.813. The SMILES string of the molecule is CC(=O)N1CCN(C(C)(C(N)=O)C2CCCC2)CC1. The van der Waals surface area contributed by atoms with E-state index in [1.165, 1.54) is 12.8 Å². The molecule has 1 saturated heterocycles. The van der Waals surface area contributed by atoms with Gasteiger partial charge in [0.15, 0.2) is 0 Å². The summed E-state index contributed by atoms with van der Waals surface area (Å²) in [5.74, 6) is 0.269. The van der Waals surface area contributed by atoms with Crippen molar-refractivity contribution < 1.29 is 9.59 Å². The Labute approximate surface area is 115 Å². The van der Waals surface area contributed by atoms with Gasteiger partial charge in [0.1, 0.15) is 5.54 Å². The molecule has 0 aromatic carbocycles. The highest BCUT2D eigenvalue weighted by Crippen LogP contribution is 2.38. The van der Waals surface area contributed by atoms with Crippen LogP contribution in [-0.2, 0) is 9.59 Å². The van der Waals surface area contributed by atoms with Gasteiger partial charge >= 0.3 is 0 Å². The van der Waals surface area contributed by atoms with Gasteiger partial charge in [-0.05, 0) is 25.7 Å². The summed E-state index contributed by atoms with van der Waals surface area (Å²) in [6.07, 6.45) is 4.57. The van der Waals surface area contributed by atoms with Gasteiger partial charge in [0.2, 0.25) is 11.8 Å². The Bertz CT molecular complexity index is 358. The van der Waals surface area contributed by atoms with Gasteiger partial charge < -0.3 is 10.6 Å². The van der Waals surface area contributed by atoms with Gasteiger partial charge in [0.05, 0.1) is 0 Å². The minimum atomic E-state index is -0.542. The minimum absolute atomic E-state index is 0.112. The van der Waals surface area contributed by atoms with Crippen LogP contribution >= 0.6 is 0 Å². The van der Waals surface area contributed by atoms with E-state index in [4.69, 9.17) is 5.73 Å². The minimum Gasteiger partial charge on any atom is -0.368 e. The van der Waals surface area contributed by atoms with E-state index in [0.717, 1.165) is 25.9 Å². The van der Waals surface area contributed by atoms with Crippen LogP contribution in [0.3, 0.4) is 0 Å². The van der Waals surface area contributed by atoms with E-state index in [2.05, 4.69) is 4.90 Å². The third kappa shape index (κ3) is 2.61. The average molecular weight is 267 g/mol. The van der Waals surface area contributed by atoms with Crippen molar-refractivity contribution >= 4 is 11.8 Å². The maximum atomic E-state index is 12.0. The fraction of sp³-hybridized carbons (Fsp3) is 0.857. The summed E-state index contributed by atoms with van der Waals surface area (Å²) >= 11 is 0. The summed E-state index contributed by atoms with van der Waals surface area (Å²) in [5.41, 5.74) is 5.17. The normalized spacial score (nSPS) is 25.3. The van der Waals surface area contributed by atoms with Crippen LogP contribution in [0.25, 0.3) is 0 Å². The first kappa shape index (κ1) is 14.3. The molecule has 0 aromatic rings. The van der Waals surface area contributed by atoms with Gasteiger partial charge in [-0.25, -0.2) is 0 Å². The Hall–Kier alpha value is -1.10. The number of carbonyl (C=O) groups is 2. The van der Waals surface area contributed by atoms with Crippen LogP contribution in [0.5, 0.6) is 0 Å². The lowest BCUT2D eigenvalue weighted by molar-refractivity contribution is -0.138. The second-order valence-electron chi connectivity index (χ2n) is 5.99. The molecule has 2 amide bonds. The first-order chi connectivity index (χ1) is 8.96. The zero-order valence-corrected chi connectivity index (χ0v) is 12.0. The molecule has 1 unspecified atom stereocenters. The molecule has 0 spiro atoms. The molecule has 1 aliphatic carbocycles. The van der Waals surface area contributed by atoms with Crippen LogP contribution in [0.2, 0.25) is 0 Å². The van der Waals surface area contributed by atoms with E-state index >= 15 is 0 Å². The summed E-state index contributed by atoms with van der Waals surface area (Å²) in [6.45, 7) is 6.48. The maximum Gasteiger partial charge on any atom is 0.237 e. The molecule has 2 N–H and O–H groups in total. The van der Waals surface area contributed by atoms with Gasteiger partial charge in [-0.2, -0.15) is 0 Å². The molecule has 1 heterocycles. The van der Waals surface area contributed by atoms with Gasteiger partial charge in [0, 0.05) is 33.1 Å². The van der Waals surface area contributed by atoms with Gasteiger partial charge in [-0.3, -0.25) is 14.5 Å². The van der Waals surface area contributed by atoms with Crippen molar-refractivity contribution in [1.29, 1.82) is 0 Å². The average Bonchev–Trinajstić information content (AvgIpc) is 2.92. The van der Waals surface area contributed by atoms with E-state index in [1.807, 2.05) is 11.8 Å². The smallest absolute Gasteiger partial charge is 0.237 e. The van der Waals surface area contributed by atoms with Crippen LogP contribution in [0, 0.1) is 5.92 Å². The third-order valence-electron chi connectivity index (χ3n) is 5.03. The van der Waals surface area contributed by atoms with E-state index in [1.54, 1.807) is 6.92 Å². The highest BCUT2D eigenvalue weighted by molar-refractivity contribution is 5.84. The van der Waals surface area contributed by atoms with Crippen molar-refractivity contribution in [2.75, 3.05) is 26.2 Å². The van der Waals surface area contributed by atoms with E-state index < -0.39 is 5.54 Å². The highest BCUT2D eigenvalue weighted by atomic mass is 16.2. The lowest BCUT2D eigenvalue weighted by atomic mass is 9.81. The molecule has 108 valence electrons. The van der Waals surface area contributed by atoms with E-state index in [0.29, 0.717) is 19.0 Å². The van der Waals surface area contributed by atoms with Crippen molar-refractivity contribution in [3.8, 4) is 0 Å². The Morgan fingerprint density at radius 2 is 1.63 bits per heavy atom. The van der Waals surface area contributed by atoms with E-state index in [-0.39, 0.29) is 11.8 Å². The molecule has 1 aliphatic heterocycles. The van der Waals surface area contributed by atoms with Crippen LogP contribution in [0.15, 0.2) is 0 Å². The van der Waals surface area contributed by atoms with Gasteiger partial charge in [0.25, 0.3) is 0 Å². The molecule has 19 heavy (non-hydrogen) atoms. The standard InChI is InChI=1S/C14H25N3O2/c1-11(18)16-7-9-17(10-8-16)14(2,13(15)19)12-5-3-4-6-12/h12H,3-10H2,1-2H3,(H2,15,19). The predicted octanol–water partition coefficient (Wildman–Crippen LogP) is 0.585. The summed E-state index contributed by atoms with van der Waals surface area (Å²) < 4.78 is 0. The van der Waals surface area contributed by atoms with Crippen molar-refractivity contribution in [1.82, 2.24) is 9.80 Å². The first-order valence-corrected chi connectivity index (χ1v) is 7.26. The zero-order chi connectivity index (χ0) is 14.0. The number of carbonyl (C=O) groups excluding carboxylic acids is 2. The largest absolute Gasteiger partial charge is 0.368 e. The lowest BCUT2D eigenvalue weighted by Gasteiger charge is -2.47. The Morgan fingerprint density at radius 1 is 1.11 bits per heavy atom. The number of rotatable bonds is 3. The lowest BCUT2D eigenvalue weighted by Crippen LogP contribution is -2.64. The fourth-order valence-electron chi connectivity index (χ4n) is 3.59.